The lowest BCUT2D eigenvalue weighted by molar-refractivity contribution is -0.136. The highest BCUT2D eigenvalue weighted by atomic mass is 32.2. The van der Waals surface area contributed by atoms with E-state index in [0.717, 1.165) is 17.8 Å². The summed E-state index contributed by atoms with van der Waals surface area (Å²) in [6, 6.07) is 3.70. The van der Waals surface area contributed by atoms with Crippen molar-refractivity contribution in [2.45, 2.75) is 11.3 Å². The Morgan fingerprint density at radius 1 is 0.944 bits per heavy atom. The molecule has 0 radical (unpaired) electrons. The highest BCUT2D eigenvalue weighted by Crippen LogP contribution is 2.22. The van der Waals surface area contributed by atoms with Crippen LogP contribution in [0.15, 0.2) is 23.1 Å². The van der Waals surface area contributed by atoms with Gasteiger partial charge in [0.1, 0.15) is 0 Å². The second-order valence-corrected chi connectivity index (χ2v) is 4.52. The zero-order valence-corrected chi connectivity index (χ0v) is 9.94. The lowest BCUT2D eigenvalue weighted by atomic mass is 10.1. The van der Waals surface area contributed by atoms with Gasteiger partial charge in [0.25, 0.3) is 0 Å². The maximum absolute atomic E-state index is 10.8. The molecule has 0 spiro atoms. The van der Waals surface area contributed by atoms with Crippen LogP contribution in [-0.4, -0.2) is 39.0 Å². The molecule has 1 aromatic carbocycles. The normalized spacial score (nSPS) is 10.0. The molecule has 1 rings (SSSR count). The predicted octanol–water partition coefficient (Wildman–Crippen LogP) is 1.65. The van der Waals surface area contributed by atoms with E-state index in [1.165, 1.54) is 12.1 Å². The third kappa shape index (κ3) is 4.10. The van der Waals surface area contributed by atoms with E-state index in [1.807, 2.05) is 0 Å². The molecule has 0 bridgehead atoms. The molecule has 0 aliphatic carbocycles. The Bertz CT molecular complexity index is 464. The Hall–Kier alpha value is -2.02. The van der Waals surface area contributed by atoms with Crippen molar-refractivity contribution in [3.05, 3.63) is 29.3 Å². The lowest BCUT2D eigenvalue weighted by Crippen LogP contribution is -2.03. The molecule has 7 heteroatoms. The lowest BCUT2D eigenvalue weighted by Gasteiger charge is -2.04. The predicted molar refractivity (Wildman–Crippen MR) is 63.3 cm³/mol. The summed E-state index contributed by atoms with van der Waals surface area (Å²) < 4.78 is 0. The van der Waals surface area contributed by atoms with E-state index in [4.69, 9.17) is 15.3 Å². The summed E-state index contributed by atoms with van der Waals surface area (Å²) in [7, 11) is 0. The van der Waals surface area contributed by atoms with E-state index in [2.05, 4.69) is 0 Å². The van der Waals surface area contributed by atoms with Crippen molar-refractivity contribution < 1.29 is 29.7 Å². The summed E-state index contributed by atoms with van der Waals surface area (Å²) in [5.41, 5.74) is -0.263. The first-order valence-corrected chi connectivity index (χ1v) is 5.85. The fourth-order valence-corrected chi connectivity index (χ4v) is 2.12. The van der Waals surface area contributed by atoms with E-state index in [-0.39, 0.29) is 23.3 Å². The van der Waals surface area contributed by atoms with Gasteiger partial charge < -0.3 is 15.3 Å². The molecule has 1 aromatic rings. The summed E-state index contributed by atoms with van der Waals surface area (Å²) in [5, 5.41) is 26.1. The van der Waals surface area contributed by atoms with Gasteiger partial charge in [-0.3, -0.25) is 4.79 Å². The van der Waals surface area contributed by atoms with E-state index >= 15 is 0 Å². The van der Waals surface area contributed by atoms with Gasteiger partial charge in [-0.05, 0) is 18.2 Å². The molecule has 0 saturated heterocycles. The van der Waals surface area contributed by atoms with E-state index in [9.17, 15) is 14.4 Å². The molecule has 0 saturated carbocycles. The van der Waals surface area contributed by atoms with Gasteiger partial charge in [-0.25, -0.2) is 9.59 Å². The highest BCUT2D eigenvalue weighted by Gasteiger charge is 2.11. The monoisotopic (exact) mass is 270 g/mol. The summed E-state index contributed by atoms with van der Waals surface area (Å²) in [4.78, 5) is 32.4. The summed E-state index contributed by atoms with van der Waals surface area (Å²) >= 11 is 1.10. The van der Waals surface area contributed by atoms with Gasteiger partial charge in [-0.1, -0.05) is 0 Å². The second-order valence-electron chi connectivity index (χ2n) is 3.35. The number of hydrogen-bond acceptors (Lipinski definition) is 4. The average molecular weight is 270 g/mol. The van der Waals surface area contributed by atoms with E-state index in [1.54, 1.807) is 0 Å². The smallest absolute Gasteiger partial charge is 0.335 e. The SMILES string of the molecule is O=C(O)CCSc1cc(C(=O)O)cc(C(=O)O)c1. The number of rotatable bonds is 6. The molecule has 6 nitrogen and oxygen atoms in total. The summed E-state index contributed by atoms with van der Waals surface area (Å²) in [6.45, 7) is 0. The van der Waals surface area contributed by atoms with Crippen LogP contribution in [0.3, 0.4) is 0 Å². The number of hydrogen-bond donors (Lipinski definition) is 3. The Morgan fingerprint density at radius 3 is 1.83 bits per heavy atom. The van der Waals surface area contributed by atoms with Gasteiger partial charge in [0.05, 0.1) is 17.5 Å². The van der Waals surface area contributed by atoms with Crippen LogP contribution in [0, 0.1) is 0 Å². The molecular formula is C11H10O6S. The van der Waals surface area contributed by atoms with Gasteiger partial charge in [0.15, 0.2) is 0 Å². The second kappa shape index (κ2) is 6.06. The number of carboxylic acids is 3. The average Bonchev–Trinajstić information content (AvgIpc) is 2.28. The first kappa shape index (κ1) is 14.0. The zero-order chi connectivity index (χ0) is 13.7. The first-order valence-electron chi connectivity index (χ1n) is 4.86. The Morgan fingerprint density at radius 2 is 1.44 bits per heavy atom. The largest absolute Gasteiger partial charge is 0.481 e. The summed E-state index contributed by atoms with van der Waals surface area (Å²) in [5.74, 6) is -3.16. The molecular weight excluding hydrogens is 260 g/mol. The first-order chi connectivity index (χ1) is 8.40. The Balaban J connectivity index is 2.93. The molecule has 0 aliphatic heterocycles. The number of thioether (sulfide) groups is 1. The van der Waals surface area contributed by atoms with Crippen LogP contribution < -0.4 is 0 Å². The number of benzene rings is 1. The molecule has 96 valence electrons. The van der Waals surface area contributed by atoms with Crippen LogP contribution in [0.25, 0.3) is 0 Å². The Labute approximate surface area is 106 Å². The quantitative estimate of drug-likeness (QED) is 0.673. The van der Waals surface area contributed by atoms with Gasteiger partial charge in [-0.15, -0.1) is 11.8 Å². The van der Waals surface area contributed by atoms with E-state index in [0.29, 0.717) is 4.90 Å². The molecule has 0 unspecified atom stereocenters. The van der Waals surface area contributed by atoms with Crippen molar-refractivity contribution in [1.29, 1.82) is 0 Å². The van der Waals surface area contributed by atoms with Crippen LogP contribution in [0.1, 0.15) is 27.1 Å². The van der Waals surface area contributed by atoms with Gasteiger partial charge >= 0.3 is 17.9 Å². The fraction of sp³-hybridized carbons (Fsp3) is 0.182. The van der Waals surface area contributed by atoms with Crippen LogP contribution in [0.5, 0.6) is 0 Å². The number of aliphatic carboxylic acids is 1. The van der Waals surface area contributed by atoms with Crippen molar-refractivity contribution >= 4 is 29.7 Å². The third-order valence-corrected chi connectivity index (χ3v) is 2.96. The van der Waals surface area contributed by atoms with Crippen LogP contribution in [0.2, 0.25) is 0 Å². The molecule has 0 aliphatic rings. The van der Waals surface area contributed by atoms with Crippen LogP contribution in [-0.2, 0) is 4.79 Å². The number of aromatic carboxylic acids is 2. The minimum Gasteiger partial charge on any atom is -0.481 e. The molecule has 0 fully saturated rings. The topological polar surface area (TPSA) is 112 Å². The fourth-order valence-electron chi connectivity index (χ4n) is 1.19. The molecule has 0 atom stereocenters. The van der Waals surface area contributed by atoms with Crippen molar-refractivity contribution in [3.63, 3.8) is 0 Å². The van der Waals surface area contributed by atoms with Crippen molar-refractivity contribution in [1.82, 2.24) is 0 Å². The molecule has 0 aromatic heterocycles. The van der Waals surface area contributed by atoms with E-state index < -0.39 is 17.9 Å². The van der Waals surface area contributed by atoms with Crippen LogP contribution in [0.4, 0.5) is 0 Å². The van der Waals surface area contributed by atoms with Gasteiger partial charge in [0, 0.05) is 10.6 Å². The molecule has 18 heavy (non-hydrogen) atoms. The number of carbonyl (C=O) groups is 3. The summed E-state index contributed by atoms with van der Waals surface area (Å²) in [6.07, 6.45) is -0.0790. The molecule has 0 heterocycles. The zero-order valence-electron chi connectivity index (χ0n) is 9.12. The van der Waals surface area contributed by atoms with Crippen molar-refractivity contribution in [2.75, 3.05) is 5.75 Å². The van der Waals surface area contributed by atoms with Gasteiger partial charge in [0.2, 0.25) is 0 Å². The molecule has 3 N–H and O–H groups in total. The standard InChI is InChI=1S/C11H10O6S/c12-9(13)1-2-18-8-4-6(10(14)15)3-7(5-8)11(16)17/h3-5H,1-2H2,(H,12,13)(H,14,15)(H,16,17). The third-order valence-electron chi connectivity index (χ3n) is 1.99. The van der Waals surface area contributed by atoms with Crippen molar-refractivity contribution in [3.8, 4) is 0 Å². The van der Waals surface area contributed by atoms with Crippen molar-refractivity contribution in [2.24, 2.45) is 0 Å². The minimum atomic E-state index is -1.22. The molecule has 0 amide bonds. The number of carboxylic acid groups (broad SMARTS) is 3. The minimum absolute atomic E-state index is 0.0790. The van der Waals surface area contributed by atoms with Crippen LogP contribution >= 0.6 is 11.8 Å². The maximum atomic E-state index is 10.8. The Kier molecular flexibility index (Phi) is 4.73. The van der Waals surface area contributed by atoms with Gasteiger partial charge in [-0.2, -0.15) is 0 Å². The highest BCUT2D eigenvalue weighted by molar-refractivity contribution is 7.99. The maximum Gasteiger partial charge on any atom is 0.335 e.